The van der Waals surface area contributed by atoms with Crippen molar-refractivity contribution in [1.29, 1.82) is 0 Å². The molecule has 1 rings (SSSR count). The summed E-state index contributed by atoms with van der Waals surface area (Å²) in [6, 6.07) is 5.13. The molecule has 0 heterocycles. The highest BCUT2D eigenvalue weighted by Gasteiger charge is 2.24. The van der Waals surface area contributed by atoms with Crippen LogP contribution >= 0.6 is 31.9 Å². The smallest absolute Gasteiger partial charge is 0.207 e. The van der Waals surface area contributed by atoms with Crippen molar-refractivity contribution in [2.45, 2.75) is 18.7 Å². The average molecular weight is 371 g/mol. The van der Waals surface area contributed by atoms with Crippen LogP contribution in [0.25, 0.3) is 0 Å². The minimum atomic E-state index is -3.40. The van der Waals surface area contributed by atoms with Crippen molar-refractivity contribution in [2.75, 3.05) is 13.1 Å². The van der Waals surface area contributed by atoms with Gasteiger partial charge in [-0.05, 0) is 34.1 Å². The van der Waals surface area contributed by atoms with Crippen molar-refractivity contribution in [1.82, 2.24) is 4.31 Å². The van der Waals surface area contributed by atoms with Gasteiger partial charge in [-0.1, -0.05) is 29.8 Å². The molecule has 0 aliphatic carbocycles. The fourth-order valence-electron chi connectivity index (χ4n) is 1.38. The molecule has 0 saturated carbocycles. The molecule has 0 amide bonds. The summed E-state index contributed by atoms with van der Waals surface area (Å²) in [7, 11) is -3.40. The van der Waals surface area contributed by atoms with Gasteiger partial charge in [0.05, 0.1) is 4.90 Å². The normalized spacial score (nSPS) is 12.1. The van der Waals surface area contributed by atoms with Crippen LogP contribution in [0.4, 0.5) is 0 Å². The largest absolute Gasteiger partial charge is 0.244 e. The Hall–Kier alpha value is 0.0900. The molecule has 0 aliphatic heterocycles. The van der Waals surface area contributed by atoms with Gasteiger partial charge >= 0.3 is 0 Å². The number of nitrogens with zero attached hydrogens (tertiary/aromatic N) is 1. The SMILES string of the molecule is CCN(CC)S(=O)(=O)c1cc(Br)ccc1Br. The third kappa shape index (κ3) is 2.85. The zero-order valence-electron chi connectivity index (χ0n) is 9.07. The molecule has 0 saturated heterocycles. The van der Waals surface area contributed by atoms with E-state index in [1.807, 2.05) is 13.8 Å². The van der Waals surface area contributed by atoms with E-state index in [-0.39, 0.29) is 0 Å². The number of benzene rings is 1. The van der Waals surface area contributed by atoms with E-state index in [9.17, 15) is 8.42 Å². The molecular formula is C10H13Br2NO2S. The molecule has 0 bridgehead atoms. The predicted octanol–water partition coefficient (Wildman–Crippen LogP) is 3.24. The summed E-state index contributed by atoms with van der Waals surface area (Å²) in [5, 5.41) is 0. The molecule has 0 aromatic heterocycles. The Bertz CT molecular complexity index is 470. The second-order valence-corrected chi connectivity index (χ2v) is 6.84. The first kappa shape index (κ1) is 14.2. The van der Waals surface area contributed by atoms with Crippen LogP contribution in [0.1, 0.15) is 13.8 Å². The number of sulfonamides is 1. The number of hydrogen-bond donors (Lipinski definition) is 0. The molecular weight excluding hydrogens is 358 g/mol. The van der Waals surface area contributed by atoms with Crippen LogP contribution in [0.2, 0.25) is 0 Å². The lowest BCUT2D eigenvalue weighted by Crippen LogP contribution is -2.30. The van der Waals surface area contributed by atoms with Crippen LogP contribution in [0, 0.1) is 0 Å². The number of halogens is 2. The Labute approximate surface area is 113 Å². The average Bonchev–Trinajstić information content (AvgIpc) is 2.23. The molecule has 6 heteroatoms. The Morgan fingerprint density at radius 1 is 1.19 bits per heavy atom. The highest BCUT2D eigenvalue weighted by molar-refractivity contribution is 9.11. The van der Waals surface area contributed by atoms with Gasteiger partial charge in [0, 0.05) is 22.0 Å². The van der Waals surface area contributed by atoms with Crippen LogP contribution in [0.15, 0.2) is 32.0 Å². The van der Waals surface area contributed by atoms with Gasteiger partial charge in [0.1, 0.15) is 0 Å². The van der Waals surface area contributed by atoms with E-state index >= 15 is 0 Å². The van der Waals surface area contributed by atoms with Gasteiger partial charge in [-0.2, -0.15) is 4.31 Å². The third-order valence-corrected chi connectivity index (χ3v) is 5.75. The lowest BCUT2D eigenvalue weighted by molar-refractivity contribution is 0.445. The Morgan fingerprint density at radius 3 is 2.25 bits per heavy atom. The third-order valence-electron chi connectivity index (χ3n) is 2.22. The minimum absolute atomic E-state index is 0.297. The molecule has 1 aromatic carbocycles. The molecule has 3 nitrogen and oxygen atoms in total. The van der Waals surface area contributed by atoms with E-state index in [2.05, 4.69) is 31.9 Å². The summed E-state index contributed by atoms with van der Waals surface area (Å²) in [4.78, 5) is 0.297. The van der Waals surface area contributed by atoms with Gasteiger partial charge in [-0.3, -0.25) is 0 Å². The zero-order chi connectivity index (χ0) is 12.3. The van der Waals surface area contributed by atoms with Crippen LogP contribution in [-0.4, -0.2) is 25.8 Å². The quantitative estimate of drug-likeness (QED) is 0.815. The molecule has 0 unspecified atom stereocenters. The van der Waals surface area contributed by atoms with Crippen molar-refractivity contribution < 1.29 is 8.42 Å². The molecule has 0 spiro atoms. The summed E-state index contributed by atoms with van der Waals surface area (Å²) in [6.45, 7) is 4.59. The molecule has 0 radical (unpaired) electrons. The summed E-state index contributed by atoms with van der Waals surface area (Å²) < 4.78 is 27.3. The van der Waals surface area contributed by atoms with E-state index < -0.39 is 10.0 Å². The maximum atomic E-state index is 12.2. The molecule has 0 atom stereocenters. The molecule has 0 fully saturated rings. The lowest BCUT2D eigenvalue weighted by atomic mass is 10.4. The fourth-order valence-corrected chi connectivity index (χ4v) is 4.30. The number of rotatable bonds is 4. The van der Waals surface area contributed by atoms with Crippen molar-refractivity contribution in [3.8, 4) is 0 Å². The van der Waals surface area contributed by atoms with E-state index in [1.54, 1.807) is 18.2 Å². The predicted molar refractivity (Wildman–Crippen MR) is 71.9 cm³/mol. The topological polar surface area (TPSA) is 37.4 Å². The summed E-state index contributed by atoms with van der Waals surface area (Å²) in [5.74, 6) is 0. The van der Waals surface area contributed by atoms with E-state index in [4.69, 9.17) is 0 Å². The minimum Gasteiger partial charge on any atom is -0.207 e. The van der Waals surface area contributed by atoms with Crippen LogP contribution in [0.3, 0.4) is 0 Å². The van der Waals surface area contributed by atoms with Crippen molar-refractivity contribution in [2.24, 2.45) is 0 Å². The monoisotopic (exact) mass is 369 g/mol. The second-order valence-electron chi connectivity index (χ2n) is 3.16. The molecule has 0 aliphatic rings. The van der Waals surface area contributed by atoms with Crippen LogP contribution in [-0.2, 0) is 10.0 Å². The lowest BCUT2D eigenvalue weighted by Gasteiger charge is -2.19. The Balaban J connectivity index is 3.31. The summed E-state index contributed by atoms with van der Waals surface area (Å²) in [6.07, 6.45) is 0. The van der Waals surface area contributed by atoms with Gasteiger partial charge in [-0.15, -0.1) is 0 Å². The fraction of sp³-hybridized carbons (Fsp3) is 0.400. The first-order chi connectivity index (χ1) is 7.43. The zero-order valence-corrected chi connectivity index (χ0v) is 13.1. The van der Waals surface area contributed by atoms with Gasteiger partial charge in [-0.25, -0.2) is 8.42 Å². The van der Waals surface area contributed by atoms with Gasteiger partial charge in [0.25, 0.3) is 0 Å². The molecule has 1 aromatic rings. The van der Waals surface area contributed by atoms with Gasteiger partial charge in [0.15, 0.2) is 0 Å². The van der Waals surface area contributed by atoms with Gasteiger partial charge in [0.2, 0.25) is 10.0 Å². The second kappa shape index (κ2) is 5.62. The summed E-state index contributed by atoms with van der Waals surface area (Å²) >= 11 is 6.54. The maximum Gasteiger partial charge on any atom is 0.244 e. The van der Waals surface area contributed by atoms with Crippen LogP contribution in [0.5, 0.6) is 0 Å². The van der Waals surface area contributed by atoms with Crippen molar-refractivity contribution in [3.63, 3.8) is 0 Å². The maximum absolute atomic E-state index is 12.2. The van der Waals surface area contributed by atoms with Crippen molar-refractivity contribution in [3.05, 3.63) is 27.1 Å². The van der Waals surface area contributed by atoms with Gasteiger partial charge < -0.3 is 0 Å². The van der Waals surface area contributed by atoms with E-state index in [0.717, 1.165) is 4.47 Å². The highest BCUT2D eigenvalue weighted by atomic mass is 79.9. The first-order valence-corrected chi connectivity index (χ1v) is 7.91. The van der Waals surface area contributed by atoms with E-state index in [0.29, 0.717) is 22.5 Å². The summed E-state index contributed by atoms with van der Waals surface area (Å²) in [5.41, 5.74) is 0. The Morgan fingerprint density at radius 2 is 1.75 bits per heavy atom. The highest BCUT2D eigenvalue weighted by Crippen LogP contribution is 2.27. The number of hydrogen-bond acceptors (Lipinski definition) is 2. The first-order valence-electron chi connectivity index (χ1n) is 4.88. The molecule has 16 heavy (non-hydrogen) atoms. The van der Waals surface area contributed by atoms with Crippen molar-refractivity contribution >= 4 is 41.9 Å². The van der Waals surface area contributed by atoms with Crippen LogP contribution < -0.4 is 0 Å². The van der Waals surface area contributed by atoms with E-state index in [1.165, 1.54) is 4.31 Å². The Kier molecular flexibility index (Phi) is 4.97. The standard InChI is InChI=1S/C10H13Br2NO2S/c1-3-13(4-2)16(14,15)10-7-8(11)5-6-9(10)12/h5-7H,3-4H2,1-2H3. The molecule has 0 N–H and O–H groups in total. The molecule has 90 valence electrons.